The van der Waals surface area contributed by atoms with Crippen LogP contribution < -0.4 is 18.9 Å². The lowest BCUT2D eigenvalue weighted by Crippen LogP contribution is -2.29. The predicted molar refractivity (Wildman–Crippen MR) is 96.9 cm³/mol. The van der Waals surface area contributed by atoms with Gasteiger partial charge in [-0.3, -0.25) is 0 Å². The Labute approximate surface area is 148 Å². The normalized spacial score (nSPS) is 12.9. The standard InChI is InChI=1S/C20H24O5/c1-13(2)20(21,15-9-7-8-10-16(15)22-3)14-11-17(23-4)19(25-6)18(12-14)24-5/h7-12,21H,1H2,2-6H3. The summed E-state index contributed by atoms with van der Waals surface area (Å²) in [6.45, 7) is 5.75. The van der Waals surface area contributed by atoms with Crippen LogP contribution in [0.2, 0.25) is 0 Å². The predicted octanol–water partition coefficient (Wildman–Crippen LogP) is 3.53. The maximum Gasteiger partial charge on any atom is 0.203 e. The van der Waals surface area contributed by atoms with Crippen molar-refractivity contribution in [3.63, 3.8) is 0 Å². The zero-order valence-electron chi connectivity index (χ0n) is 15.3. The average Bonchev–Trinajstić information content (AvgIpc) is 2.65. The van der Waals surface area contributed by atoms with E-state index in [4.69, 9.17) is 18.9 Å². The number of rotatable bonds is 7. The van der Waals surface area contributed by atoms with Crippen LogP contribution in [0.3, 0.4) is 0 Å². The van der Waals surface area contributed by atoms with Crippen LogP contribution in [-0.4, -0.2) is 33.5 Å². The van der Waals surface area contributed by atoms with Gasteiger partial charge in [0.25, 0.3) is 0 Å². The largest absolute Gasteiger partial charge is 0.496 e. The molecule has 0 heterocycles. The highest BCUT2D eigenvalue weighted by Crippen LogP contribution is 2.46. The summed E-state index contributed by atoms with van der Waals surface area (Å²) in [5.41, 5.74) is 0.170. The van der Waals surface area contributed by atoms with Gasteiger partial charge in [-0.05, 0) is 36.3 Å². The highest BCUT2D eigenvalue weighted by molar-refractivity contribution is 5.59. The van der Waals surface area contributed by atoms with Gasteiger partial charge in [-0.1, -0.05) is 24.8 Å². The van der Waals surface area contributed by atoms with Crippen molar-refractivity contribution < 1.29 is 24.1 Å². The first kappa shape index (κ1) is 18.7. The van der Waals surface area contributed by atoms with Crippen LogP contribution in [-0.2, 0) is 5.60 Å². The molecule has 0 bridgehead atoms. The van der Waals surface area contributed by atoms with E-state index in [-0.39, 0.29) is 0 Å². The van der Waals surface area contributed by atoms with E-state index in [1.165, 1.54) is 21.3 Å². The minimum atomic E-state index is -1.49. The molecular weight excluding hydrogens is 320 g/mol. The second-order valence-corrected chi connectivity index (χ2v) is 5.61. The van der Waals surface area contributed by atoms with Crippen molar-refractivity contribution >= 4 is 0 Å². The molecule has 0 spiro atoms. The maximum atomic E-state index is 11.6. The van der Waals surface area contributed by atoms with Gasteiger partial charge in [0.05, 0.1) is 28.4 Å². The molecule has 2 rings (SSSR count). The monoisotopic (exact) mass is 344 g/mol. The van der Waals surface area contributed by atoms with Gasteiger partial charge in [0.2, 0.25) is 5.75 Å². The van der Waals surface area contributed by atoms with Crippen LogP contribution >= 0.6 is 0 Å². The zero-order valence-corrected chi connectivity index (χ0v) is 15.3. The molecule has 1 unspecified atom stereocenters. The van der Waals surface area contributed by atoms with E-state index in [2.05, 4.69) is 6.58 Å². The molecule has 0 aliphatic rings. The summed E-state index contributed by atoms with van der Waals surface area (Å²) in [4.78, 5) is 0. The number of para-hydroxylation sites is 1. The van der Waals surface area contributed by atoms with E-state index < -0.39 is 5.60 Å². The van der Waals surface area contributed by atoms with E-state index >= 15 is 0 Å². The number of ether oxygens (including phenoxy) is 4. The number of hydrogen-bond acceptors (Lipinski definition) is 5. The Morgan fingerprint density at radius 3 is 1.84 bits per heavy atom. The van der Waals surface area contributed by atoms with E-state index in [1.54, 1.807) is 38.3 Å². The van der Waals surface area contributed by atoms with Gasteiger partial charge in [0.15, 0.2) is 11.5 Å². The molecular formula is C20H24O5. The molecule has 0 saturated heterocycles. The Kier molecular flexibility index (Phi) is 5.59. The molecule has 5 nitrogen and oxygen atoms in total. The molecule has 0 saturated carbocycles. The van der Waals surface area contributed by atoms with Crippen LogP contribution in [0.15, 0.2) is 48.6 Å². The van der Waals surface area contributed by atoms with Gasteiger partial charge in [0, 0.05) is 5.56 Å². The third kappa shape index (κ3) is 3.15. The van der Waals surface area contributed by atoms with Gasteiger partial charge in [-0.15, -0.1) is 0 Å². The first-order valence-corrected chi connectivity index (χ1v) is 7.76. The van der Waals surface area contributed by atoms with Gasteiger partial charge in [0.1, 0.15) is 11.4 Å². The third-order valence-corrected chi connectivity index (χ3v) is 4.20. The van der Waals surface area contributed by atoms with Crippen molar-refractivity contribution in [3.05, 3.63) is 59.7 Å². The highest BCUT2D eigenvalue weighted by Gasteiger charge is 2.37. The van der Waals surface area contributed by atoms with E-state index in [9.17, 15) is 5.11 Å². The van der Waals surface area contributed by atoms with Crippen molar-refractivity contribution in [1.29, 1.82) is 0 Å². The van der Waals surface area contributed by atoms with Gasteiger partial charge in [-0.25, -0.2) is 0 Å². The smallest absolute Gasteiger partial charge is 0.203 e. The first-order chi connectivity index (χ1) is 11.9. The van der Waals surface area contributed by atoms with Crippen molar-refractivity contribution in [1.82, 2.24) is 0 Å². The van der Waals surface area contributed by atoms with Crippen molar-refractivity contribution in [3.8, 4) is 23.0 Å². The average molecular weight is 344 g/mol. The molecule has 0 aliphatic carbocycles. The maximum absolute atomic E-state index is 11.6. The van der Waals surface area contributed by atoms with Gasteiger partial charge < -0.3 is 24.1 Å². The third-order valence-electron chi connectivity index (χ3n) is 4.20. The minimum Gasteiger partial charge on any atom is -0.496 e. The molecule has 0 aliphatic heterocycles. The summed E-state index contributed by atoms with van der Waals surface area (Å²) in [6.07, 6.45) is 0. The fourth-order valence-electron chi connectivity index (χ4n) is 2.87. The van der Waals surface area contributed by atoms with Crippen LogP contribution in [0.1, 0.15) is 18.1 Å². The molecule has 134 valence electrons. The second kappa shape index (κ2) is 7.49. The molecule has 2 aromatic rings. The number of hydrogen-bond donors (Lipinski definition) is 1. The number of benzene rings is 2. The van der Waals surface area contributed by atoms with Crippen LogP contribution in [0, 0.1) is 0 Å². The Balaban J connectivity index is 2.79. The summed E-state index contributed by atoms with van der Waals surface area (Å²) in [7, 11) is 6.16. The lowest BCUT2D eigenvalue weighted by molar-refractivity contribution is 0.117. The lowest BCUT2D eigenvalue weighted by Gasteiger charge is -2.32. The number of aliphatic hydroxyl groups is 1. The summed E-state index contributed by atoms with van der Waals surface area (Å²) in [5.74, 6) is 1.91. The minimum absolute atomic E-state index is 0.450. The SMILES string of the molecule is C=C(C)C(O)(c1cc(OC)c(OC)c(OC)c1)c1ccccc1OC. The van der Waals surface area contributed by atoms with Crippen molar-refractivity contribution in [2.75, 3.05) is 28.4 Å². The summed E-state index contributed by atoms with van der Waals surface area (Å²) in [5, 5.41) is 11.6. The number of methoxy groups -OCH3 is 4. The summed E-state index contributed by atoms with van der Waals surface area (Å²) in [6, 6.07) is 10.7. The van der Waals surface area contributed by atoms with Crippen molar-refractivity contribution in [2.45, 2.75) is 12.5 Å². The fourth-order valence-corrected chi connectivity index (χ4v) is 2.87. The summed E-state index contributed by atoms with van der Waals surface area (Å²) < 4.78 is 21.6. The lowest BCUT2D eigenvalue weighted by atomic mass is 9.80. The zero-order chi connectivity index (χ0) is 18.6. The molecule has 0 aromatic heterocycles. The molecule has 5 heteroatoms. The Hall–Kier alpha value is -2.66. The highest BCUT2D eigenvalue weighted by atomic mass is 16.5. The molecule has 0 amide bonds. The van der Waals surface area contributed by atoms with Crippen molar-refractivity contribution in [2.24, 2.45) is 0 Å². The molecule has 0 radical (unpaired) electrons. The summed E-state index contributed by atoms with van der Waals surface area (Å²) >= 11 is 0. The topological polar surface area (TPSA) is 57.2 Å². The Morgan fingerprint density at radius 1 is 0.880 bits per heavy atom. The molecule has 1 atom stereocenters. The molecule has 2 aromatic carbocycles. The second-order valence-electron chi connectivity index (χ2n) is 5.61. The molecule has 1 N–H and O–H groups in total. The molecule has 0 fully saturated rings. The molecule has 25 heavy (non-hydrogen) atoms. The van der Waals surface area contributed by atoms with E-state index in [0.29, 0.717) is 39.7 Å². The van der Waals surface area contributed by atoms with E-state index in [1.807, 2.05) is 12.1 Å². The van der Waals surface area contributed by atoms with Gasteiger partial charge in [-0.2, -0.15) is 0 Å². The fraction of sp³-hybridized carbons (Fsp3) is 0.300. The first-order valence-electron chi connectivity index (χ1n) is 7.76. The Morgan fingerprint density at radius 2 is 1.40 bits per heavy atom. The van der Waals surface area contributed by atoms with Crippen LogP contribution in [0.5, 0.6) is 23.0 Å². The van der Waals surface area contributed by atoms with E-state index in [0.717, 1.165) is 0 Å². The van der Waals surface area contributed by atoms with Crippen LogP contribution in [0.4, 0.5) is 0 Å². The quantitative estimate of drug-likeness (QED) is 0.779. The van der Waals surface area contributed by atoms with Crippen LogP contribution in [0.25, 0.3) is 0 Å². The Bertz CT molecular complexity index is 743. The van der Waals surface area contributed by atoms with Gasteiger partial charge >= 0.3 is 0 Å².